The molecule has 0 aromatic heterocycles. The van der Waals surface area contributed by atoms with E-state index in [1.165, 1.54) is 4.90 Å². The van der Waals surface area contributed by atoms with Gasteiger partial charge in [0.25, 0.3) is 0 Å². The first-order valence-electron chi connectivity index (χ1n) is 5.80. The Morgan fingerprint density at radius 2 is 1.72 bits per heavy atom. The number of benzene rings is 1. The fourth-order valence-electron chi connectivity index (χ4n) is 0.916. The summed E-state index contributed by atoms with van der Waals surface area (Å²) < 4.78 is 5.83. The molecular formula is C14H21LiOSSi. The molecule has 1 aromatic carbocycles. The van der Waals surface area contributed by atoms with Crippen LogP contribution in [0.4, 0.5) is 0 Å². The van der Waals surface area contributed by atoms with Crippen LogP contribution in [0.1, 0.15) is 20.8 Å². The minimum absolute atomic E-state index is 0. The largest absolute Gasteiger partial charge is 1.00 e. The molecule has 0 bridgehead atoms. The van der Waals surface area contributed by atoms with Crippen molar-refractivity contribution in [2.24, 2.45) is 0 Å². The average molecular weight is 272 g/mol. The van der Waals surface area contributed by atoms with Gasteiger partial charge in [-0.3, -0.25) is 0 Å². The van der Waals surface area contributed by atoms with Crippen LogP contribution in [0.2, 0.25) is 18.1 Å². The molecule has 0 aliphatic heterocycles. The zero-order chi connectivity index (χ0) is 12.9. The summed E-state index contributed by atoms with van der Waals surface area (Å²) >= 11 is 1.63. The molecule has 94 valence electrons. The molecule has 0 saturated heterocycles. The normalized spacial score (nSPS) is 12.3. The second-order valence-corrected chi connectivity index (χ2v) is 11.2. The Labute approximate surface area is 129 Å². The molecule has 0 radical (unpaired) electrons. The summed E-state index contributed by atoms with van der Waals surface area (Å²) in [4.78, 5) is 1.21. The summed E-state index contributed by atoms with van der Waals surface area (Å²) in [5.74, 6) is 0. The van der Waals surface area contributed by atoms with E-state index in [4.69, 9.17) is 4.43 Å². The number of hydrogen-bond donors (Lipinski definition) is 0. The van der Waals surface area contributed by atoms with E-state index >= 15 is 0 Å². The third-order valence-electron chi connectivity index (χ3n) is 3.11. The molecule has 0 spiro atoms. The quantitative estimate of drug-likeness (QED) is 0.359. The molecule has 1 aromatic rings. The van der Waals surface area contributed by atoms with Crippen LogP contribution in [0.5, 0.6) is 0 Å². The molecule has 1 nitrogen and oxygen atoms in total. The van der Waals surface area contributed by atoms with Gasteiger partial charge in [-0.1, -0.05) is 39.0 Å². The molecule has 0 heterocycles. The van der Waals surface area contributed by atoms with Gasteiger partial charge in [0.05, 0.1) is 0 Å². The third-order valence-corrected chi connectivity index (χ3v) is 8.11. The molecular weight excluding hydrogens is 251 g/mol. The van der Waals surface area contributed by atoms with Gasteiger partial charge < -0.3 is 10.7 Å². The van der Waals surface area contributed by atoms with Crippen LogP contribution in [0.15, 0.2) is 40.6 Å². The van der Waals surface area contributed by atoms with E-state index in [1.807, 2.05) is 23.6 Å². The molecule has 0 amide bonds. The van der Waals surface area contributed by atoms with Crippen LogP contribution < -0.4 is 18.9 Å². The van der Waals surface area contributed by atoms with Gasteiger partial charge in [-0.2, -0.15) is 5.41 Å². The predicted molar refractivity (Wildman–Crippen MR) is 78.4 cm³/mol. The molecule has 0 aliphatic rings. The van der Waals surface area contributed by atoms with Crippen molar-refractivity contribution >= 4 is 20.1 Å². The minimum Gasteiger partial charge on any atom is -0.744 e. The van der Waals surface area contributed by atoms with Crippen molar-refractivity contribution in [3.63, 3.8) is 0 Å². The Kier molecular flexibility index (Phi) is 7.47. The number of hydrogen-bond acceptors (Lipinski definition) is 2. The Morgan fingerprint density at radius 3 is 2.22 bits per heavy atom. The van der Waals surface area contributed by atoms with E-state index in [0.29, 0.717) is 0 Å². The molecule has 1 rings (SSSR count). The van der Waals surface area contributed by atoms with Crippen molar-refractivity contribution in [1.29, 1.82) is 0 Å². The van der Waals surface area contributed by atoms with E-state index in [0.717, 1.165) is 0 Å². The monoisotopic (exact) mass is 272 g/mol. The summed E-state index contributed by atoms with van der Waals surface area (Å²) in [6.07, 6.45) is 2.98. The second kappa shape index (κ2) is 7.50. The van der Waals surface area contributed by atoms with Crippen molar-refractivity contribution in [2.45, 2.75) is 43.8 Å². The van der Waals surface area contributed by atoms with Crippen LogP contribution in [-0.2, 0) is 4.43 Å². The topological polar surface area (TPSA) is 9.23 Å². The van der Waals surface area contributed by atoms with Gasteiger partial charge in [-0.15, -0.1) is 11.8 Å². The Bertz CT molecular complexity index is 371. The molecule has 0 unspecified atom stereocenters. The Hall–Kier alpha value is -0.0757. The molecule has 0 aliphatic carbocycles. The first-order chi connectivity index (χ1) is 7.83. The van der Waals surface area contributed by atoms with Gasteiger partial charge in [-0.25, -0.2) is 0 Å². The zero-order valence-corrected chi connectivity index (χ0v) is 14.1. The van der Waals surface area contributed by atoms with Crippen LogP contribution in [0.3, 0.4) is 0 Å². The predicted octanol–water partition coefficient (Wildman–Crippen LogP) is 2.08. The smallest absolute Gasteiger partial charge is 0.744 e. The van der Waals surface area contributed by atoms with Gasteiger partial charge in [-0.05, 0) is 30.3 Å². The minimum atomic E-state index is -1.70. The van der Waals surface area contributed by atoms with Gasteiger partial charge in [0, 0.05) is 4.90 Å². The van der Waals surface area contributed by atoms with Gasteiger partial charge >= 0.3 is 18.9 Å². The van der Waals surface area contributed by atoms with Crippen molar-refractivity contribution in [3.05, 3.63) is 42.0 Å². The van der Waals surface area contributed by atoms with E-state index in [-0.39, 0.29) is 23.9 Å². The molecule has 4 heteroatoms. The van der Waals surface area contributed by atoms with Crippen LogP contribution in [0.25, 0.3) is 0 Å². The maximum atomic E-state index is 5.83. The maximum absolute atomic E-state index is 5.83. The molecule has 0 N–H and O–H groups in total. The average Bonchev–Trinajstić information content (AvgIpc) is 2.24. The molecule has 0 fully saturated rings. The SMILES string of the molecule is CC(C)(C)[Si](C)(C)O[C-]=CSc1ccccc1.[Li+]. The van der Waals surface area contributed by atoms with E-state index < -0.39 is 8.32 Å². The zero-order valence-electron chi connectivity index (χ0n) is 12.3. The Balaban J connectivity index is 0.00000289. The summed E-state index contributed by atoms with van der Waals surface area (Å²) in [6.45, 7) is 11.1. The first-order valence-corrected chi connectivity index (χ1v) is 9.59. The van der Waals surface area contributed by atoms with Gasteiger partial charge in [0.15, 0.2) is 0 Å². The van der Waals surface area contributed by atoms with Crippen molar-refractivity contribution in [3.8, 4) is 0 Å². The van der Waals surface area contributed by atoms with Gasteiger partial charge in [0.1, 0.15) is 0 Å². The molecule has 18 heavy (non-hydrogen) atoms. The molecule has 0 atom stereocenters. The van der Waals surface area contributed by atoms with Crippen molar-refractivity contribution in [1.82, 2.24) is 0 Å². The van der Waals surface area contributed by atoms with Crippen LogP contribution in [0, 0.1) is 6.26 Å². The summed E-state index contributed by atoms with van der Waals surface area (Å²) in [6, 6.07) is 10.2. The van der Waals surface area contributed by atoms with Crippen molar-refractivity contribution in [2.75, 3.05) is 0 Å². The maximum Gasteiger partial charge on any atom is 1.00 e. The van der Waals surface area contributed by atoms with E-state index in [1.54, 1.807) is 11.8 Å². The Morgan fingerprint density at radius 1 is 1.17 bits per heavy atom. The fraction of sp³-hybridized carbons (Fsp3) is 0.429. The van der Waals surface area contributed by atoms with Crippen LogP contribution in [-0.4, -0.2) is 8.32 Å². The molecule has 0 saturated carbocycles. The van der Waals surface area contributed by atoms with E-state index in [2.05, 4.69) is 52.3 Å². The standard InChI is InChI=1S/C14H21OSSi.Li/c1-14(2,3)17(4,5)15-11-12-16-13-9-7-6-8-10-13;/h6-10,12H,1-5H3;/q-1;+1. The van der Waals surface area contributed by atoms with Crippen LogP contribution >= 0.6 is 11.8 Å². The summed E-state index contributed by atoms with van der Waals surface area (Å²) in [5, 5.41) is 2.13. The fourth-order valence-corrected chi connectivity index (χ4v) is 2.21. The third kappa shape index (κ3) is 5.71. The number of rotatable bonds is 4. The summed E-state index contributed by atoms with van der Waals surface area (Å²) in [5.41, 5.74) is 0. The van der Waals surface area contributed by atoms with E-state index in [9.17, 15) is 0 Å². The van der Waals surface area contributed by atoms with Gasteiger partial charge in [0.2, 0.25) is 8.32 Å². The second-order valence-electron chi connectivity index (χ2n) is 5.53. The number of thioether (sulfide) groups is 1. The van der Waals surface area contributed by atoms with Crippen molar-refractivity contribution < 1.29 is 23.3 Å². The summed E-state index contributed by atoms with van der Waals surface area (Å²) in [7, 11) is -1.70. The first kappa shape index (κ1) is 17.9.